The molecular weight excluding hydrogens is 638 g/mol. The van der Waals surface area contributed by atoms with E-state index in [1.165, 1.54) is 24.3 Å². The first kappa shape index (κ1) is 33.4. The third kappa shape index (κ3) is 10.0. The fraction of sp³-hybridized carbons (Fsp3) is 0.167. The Kier molecular flexibility index (Phi) is 10.8. The zero-order valence-corrected chi connectivity index (χ0v) is 24.9. The molecule has 1 N–H and O–H groups in total. The Morgan fingerprint density at radius 3 is 2.16 bits per heavy atom. The second-order valence-corrected chi connectivity index (χ2v) is 12.4. The van der Waals surface area contributed by atoms with Crippen molar-refractivity contribution in [3.8, 4) is 5.75 Å². The quantitative estimate of drug-likeness (QED) is 0.0741. The highest BCUT2D eigenvalue weighted by molar-refractivity contribution is 7.99. The first-order chi connectivity index (χ1) is 21.3. The van der Waals surface area contributed by atoms with Gasteiger partial charge in [0.2, 0.25) is 5.82 Å². The van der Waals surface area contributed by atoms with Crippen LogP contribution in [0.25, 0.3) is 0 Å². The number of ether oxygens (including phenoxy) is 1. The van der Waals surface area contributed by atoms with E-state index in [2.05, 4.69) is 4.74 Å². The van der Waals surface area contributed by atoms with Gasteiger partial charge in [0.05, 0.1) is 9.82 Å². The molecule has 0 aromatic heterocycles. The summed E-state index contributed by atoms with van der Waals surface area (Å²) < 4.78 is 82.3. The number of nitrogens with one attached hydrogen (secondary N) is 1. The monoisotopic (exact) mass is 663 g/mol. The Balaban J connectivity index is 1.44. The summed E-state index contributed by atoms with van der Waals surface area (Å²) in [6.45, 7) is 1.10. The molecular formula is C30H25F4N3O6S2. The summed E-state index contributed by atoms with van der Waals surface area (Å²) in [7, 11) is -4.33. The summed E-state index contributed by atoms with van der Waals surface area (Å²) in [4.78, 5) is 25.7. The van der Waals surface area contributed by atoms with Crippen LogP contribution in [0.2, 0.25) is 0 Å². The van der Waals surface area contributed by atoms with Crippen molar-refractivity contribution in [1.82, 2.24) is 9.62 Å². The lowest BCUT2D eigenvalue weighted by atomic mass is 10.1. The van der Waals surface area contributed by atoms with Gasteiger partial charge in [-0.15, -0.1) is 24.9 Å². The van der Waals surface area contributed by atoms with Crippen molar-refractivity contribution in [2.75, 3.05) is 12.3 Å². The van der Waals surface area contributed by atoms with Crippen molar-refractivity contribution < 1.29 is 40.4 Å². The fourth-order valence-electron chi connectivity index (χ4n) is 4.16. The fourth-order valence-corrected chi connectivity index (χ4v) is 6.07. The number of nitro groups is 1. The third-order valence-corrected chi connectivity index (χ3v) is 8.59. The number of thioether (sulfide) groups is 1. The lowest BCUT2D eigenvalue weighted by Crippen LogP contribution is -2.30. The molecule has 0 aliphatic carbocycles. The summed E-state index contributed by atoms with van der Waals surface area (Å²) in [6, 6.07) is 22.8. The van der Waals surface area contributed by atoms with Crippen molar-refractivity contribution in [3.63, 3.8) is 0 Å². The number of carbonyl (C=O) groups excluding carboxylic acids is 1. The maximum atomic E-state index is 13.9. The van der Waals surface area contributed by atoms with Crippen LogP contribution in [-0.2, 0) is 23.1 Å². The zero-order valence-electron chi connectivity index (χ0n) is 23.2. The molecule has 0 aliphatic rings. The second kappa shape index (κ2) is 14.5. The molecule has 0 fully saturated rings. The minimum atomic E-state index is -4.92. The standard InChI is InChI=1S/C30H25F4N3O6S2/c31-27-15-8-22(18-28(27)37(39)40)20-36(16-17-44-25-4-2-1-3-5-25)19-21-6-13-26(14-7-21)45(41,42)35-29(38)23-9-11-24(12-10-23)43-30(32,33)34/h1-15,18H,16-17,19-20H2,(H,35,38). The first-order valence-electron chi connectivity index (χ1n) is 13.1. The Morgan fingerprint density at radius 2 is 1.53 bits per heavy atom. The molecule has 0 radical (unpaired) electrons. The van der Waals surface area contributed by atoms with Crippen molar-refractivity contribution in [2.45, 2.75) is 29.2 Å². The summed E-state index contributed by atoms with van der Waals surface area (Å²) in [5.74, 6) is -1.89. The van der Waals surface area contributed by atoms with E-state index in [0.29, 0.717) is 30.0 Å². The number of sulfonamides is 1. The second-order valence-electron chi connectivity index (χ2n) is 9.57. The van der Waals surface area contributed by atoms with E-state index >= 15 is 0 Å². The Morgan fingerprint density at radius 1 is 0.911 bits per heavy atom. The average molecular weight is 664 g/mol. The van der Waals surface area contributed by atoms with Crippen LogP contribution >= 0.6 is 11.8 Å². The third-order valence-electron chi connectivity index (χ3n) is 6.25. The molecule has 0 unspecified atom stereocenters. The summed E-state index contributed by atoms with van der Waals surface area (Å²) in [5, 5.41) is 11.2. The van der Waals surface area contributed by atoms with Crippen LogP contribution in [0.4, 0.5) is 23.2 Å². The van der Waals surface area contributed by atoms with Crippen LogP contribution < -0.4 is 9.46 Å². The molecule has 0 saturated carbocycles. The number of nitro benzene ring substituents is 1. The van der Waals surface area contributed by atoms with Crippen LogP contribution in [-0.4, -0.2) is 42.8 Å². The maximum absolute atomic E-state index is 13.9. The van der Waals surface area contributed by atoms with Crippen molar-refractivity contribution in [3.05, 3.63) is 130 Å². The summed E-state index contributed by atoms with van der Waals surface area (Å²) in [6.07, 6.45) is -4.92. The minimum Gasteiger partial charge on any atom is -0.406 e. The minimum absolute atomic E-state index is 0.199. The molecule has 0 spiro atoms. The van der Waals surface area contributed by atoms with Gasteiger partial charge in [-0.3, -0.25) is 19.8 Å². The topological polar surface area (TPSA) is 119 Å². The predicted molar refractivity (Wildman–Crippen MR) is 159 cm³/mol. The smallest absolute Gasteiger partial charge is 0.406 e. The molecule has 15 heteroatoms. The van der Waals surface area contributed by atoms with Crippen LogP contribution in [0.1, 0.15) is 21.5 Å². The van der Waals surface area contributed by atoms with Gasteiger partial charge in [0.25, 0.3) is 15.9 Å². The van der Waals surface area contributed by atoms with Gasteiger partial charge in [-0.05, 0) is 65.7 Å². The van der Waals surface area contributed by atoms with Gasteiger partial charge in [0.15, 0.2) is 0 Å². The lowest BCUT2D eigenvalue weighted by Gasteiger charge is -2.22. The number of halogens is 4. The van der Waals surface area contributed by atoms with Crippen molar-refractivity contribution in [1.29, 1.82) is 0 Å². The van der Waals surface area contributed by atoms with Gasteiger partial charge in [-0.25, -0.2) is 13.1 Å². The highest BCUT2D eigenvalue weighted by atomic mass is 32.2. The Hall–Kier alpha value is -4.47. The molecule has 45 heavy (non-hydrogen) atoms. The van der Waals surface area contributed by atoms with Crippen LogP contribution in [0.5, 0.6) is 5.75 Å². The first-order valence-corrected chi connectivity index (χ1v) is 15.6. The number of rotatable bonds is 13. The Labute approximate surface area is 260 Å². The van der Waals surface area contributed by atoms with Crippen LogP contribution in [0.3, 0.4) is 0 Å². The summed E-state index contributed by atoms with van der Waals surface area (Å²) in [5.41, 5.74) is 0.387. The van der Waals surface area contributed by atoms with Gasteiger partial charge >= 0.3 is 12.0 Å². The molecule has 0 saturated heterocycles. The van der Waals surface area contributed by atoms with E-state index in [-0.39, 0.29) is 17.0 Å². The number of benzene rings is 4. The number of amides is 1. The van der Waals surface area contributed by atoms with Crippen molar-refractivity contribution >= 4 is 33.4 Å². The van der Waals surface area contributed by atoms with Crippen molar-refractivity contribution in [2.24, 2.45) is 0 Å². The summed E-state index contributed by atoms with van der Waals surface area (Å²) >= 11 is 1.61. The lowest BCUT2D eigenvalue weighted by molar-refractivity contribution is -0.387. The number of hydrogen-bond donors (Lipinski definition) is 1. The molecule has 0 aliphatic heterocycles. The van der Waals surface area contributed by atoms with E-state index in [1.54, 1.807) is 23.9 Å². The van der Waals surface area contributed by atoms with Crippen LogP contribution in [0.15, 0.2) is 107 Å². The highest BCUT2D eigenvalue weighted by Crippen LogP contribution is 2.24. The number of carbonyl (C=O) groups is 1. The number of hydrogen-bond acceptors (Lipinski definition) is 8. The molecule has 1 amide bonds. The average Bonchev–Trinajstić information content (AvgIpc) is 2.98. The van der Waals surface area contributed by atoms with E-state index in [4.69, 9.17) is 0 Å². The molecule has 4 aromatic rings. The molecule has 236 valence electrons. The highest BCUT2D eigenvalue weighted by Gasteiger charge is 2.31. The molecule has 4 aromatic carbocycles. The van der Waals surface area contributed by atoms with Gasteiger partial charge in [0.1, 0.15) is 5.75 Å². The van der Waals surface area contributed by atoms with E-state index in [9.17, 15) is 40.9 Å². The molecule has 9 nitrogen and oxygen atoms in total. The molecule has 0 heterocycles. The van der Waals surface area contributed by atoms with Gasteiger partial charge in [-0.2, -0.15) is 4.39 Å². The Bertz CT molecular complexity index is 1740. The maximum Gasteiger partial charge on any atom is 0.573 e. The largest absolute Gasteiger partial charge is 0.573 e. The van der Waals surface area contributed by atoms with E-state index in [0.717, 1.165) is 35.2 Å². The SMILES string of the molecule is O=C(NS(=O)(=O)c1ccc(CN(CCSc2ccccc2)Cc2ccc(F)c([N+](=O)[O-])c2)cc1)c1ccc(OC(F)(F)F)cc1. The molecule has 4 rings (SSSR count). The van der Waals surface area contributed by atoms with Gasteiger partial charge in [-0.1, -0.05) is 36.4 Å². The normalized spacial score (nSPS) is 11.8. The van der Waals surface area contributed by atoms with E-state index in [1.807, 2.05) is 40.0 Å². The zero-order chi connectivity index (χ0) is 32.6. The molecule has 0 bridgehead atoms. The number of nitrogens with zero attached hydrogens (tertiary/aromatic N) is 2. The van der Waals surface area contributed by atoms with Gasteiger partial charge in [0, 0.05) is 41.9 Å². The van der Waals surface area contributed by atoms with E-state index < -0.39 is 44.5 Å². The van der Waals surface area contributed by atoms with Gasteiger partial charge < -0.3 is 4.74 Å². The van der Waals surface area contributed by atoms with Crippen LogP contribution in [0, 0.1) is 15.9 Å². The molecule has 0 atom stereocenters. The number of alkyl halides is 3. The predicted octanol–water partition coefficient (Wildman–Crippen LogP) is 6.55.